The van der Waals surface area contributed by atoms with Gasteiger partial charge >= 0.3 is 0 Å². The van der Waals surface area contributed by atoms with Gasteiger partial charge < -0.3 is 9.73 Å². The van der Waals surface area contributed by atoms with Crippen LogP contribution in [0.3, 0.4) is 0 Å². The first kappa shape index (κ1) is 17.1. The lowest BCUT2D eigenvalue weighted by Crippen LogP contribution is -2.11. The third-order valence-electron chi connectivity index (χ3n) is 4.59. The van der Waals surface area contributed by atoms with E-state index in [1.807, 2.05) is 25.1 Å². The van der Waals surface area contributed by atoms with Crippen LogP contribution in [0.4, 0.5) is 10.2 Å². The number of nitrogens with zero attached hydrogens (tertiary/aromatic N) is 3. The molecule has 0 bridgehead atoms. The number of pyridine rings is 1. The van der Waals surface area contributed by atoms with Crippen LogP contribution in [0.1, 0.15) is 24.1 Å². The van der Waals surface area contributed by atoms with Crippen molar-refractivity contribution >= 4 is 16.8 Å². The molecule has 136 valence electrons. The number of hydrogen-bond donors (Lipinski definition) is 1. The van der Waals surface area contributed by atoms with Crippen LogP contribution in [0.25, 0.3) is 22.2 Å². The largest absolute Gasteiger partial charge is 0.464 e. The van der Waals surface area contributed by atoms with E-state index in [9.17, 15) is 4.39 Å². The van der Waals surface area contributed by atoms with Crippen LogP contribution in [0.2, 0.25) is 0 Å². The van der Waals surface area contributed by atoms with Crippen LogP contribution < -0.4 is 5.32 Å². The van der Waals surface area contributed by atoms with Gasteiger partial charge in [-0.3, -0.25) is 4.98 Å². The van der Waals surface area contributed by atoms with E-state index in [4.69, 9.17) is 4.42 Å². The molecule has 3 heterocycles. The molecule has 0 fully saturated rings. The lowest BCUT2D eigenvalue weighted by Gasteiger charge is -2.14. The van der Waals surface area contributed by atoms with Crippen molar-refractivity contribution < 1.29 is 8.81 Å². The van der Waals surface area contributed by atoms with Gasteiger partial charge in [-0.1, -0.05) is 13.0 Å². The Balaban J connectivity index is 1.51. The predicted molar refractivity (Wildman–Crippen MR) is 103 cm³/mol. The number of rotatable bonds is 5. The fourth-order valence-electron chi connectivity index (χ4n) is 3.04. The van der Waals surface area contributed by atoms with Crippen molar-refractivity contribution in [2.75, 3.05) is 11.9 Å². The lowest BCUT2D eigenvalue weighted by molar-refractivity contribution is 0.600. The maximum Gasteiger partial charge on any atom is 0.140 e. The van der Waals surface area contributed by atoms with E-state index in [1.165, 1.54) is 18.7 Å². The third-order valence-corrected chi connectivity index (χ3v) is 4.59. The molecule has 0 spiro atoms. The van der Waals surface area contributed by atoms with Gasteiger partial charge in [0.05, 0.1) is 17.3 Å². The quantitative estimate of drug-likeness (QED) is 0.544. The average molecular weight is 362 g/mol. The summed E-state index contributed by atoms with van der Waals surface area (Å²) in [5.41, 5.74) is 4.26. The fourth-order valence-corrected chi connectivity index (χ4v) is 3.04. The molecule has 5 nitrogen and oxygen atoms in total. The molecule has 0 aliphatic carbocycles. The molecule has 1 unspecified atom stereocenters. The van der Waals surface area contributed by atoms with Gasteiger partial charge in [0, 0.05) is 41.5 Å². The molecule has 0 saturated heterocycles. The summed E-state index contributed by atoms with van der Waals surface area (Å²) in [6.45, 7) is 4.64. The SMILES string of the molecule is Cc1ccc(-c2cc(NCC(C)c3ccc(F)c4ccoc34)ncn2)cn1. The summed E-state index contributed by atoms with van der Waals surface area (Å²) in [5, 5.41) is 3.84. The second kappa shape index (κ2) is 7.15. The molecule has 0 amide bonds. The van der Waals surface area contributed by atoms with E-state index in [1.54, 1.807) is 18.3 Å². The molecule has 27 heavy (non-hydrogen) atoms. The highest BCUT2D eigenvalue weighted by atomic mass is 19.1. The molecular weight excluding hydrogens is 343 g/mol. The highest BCUT2D eigenvalue weighted by molar-refractivity contribution is 5.81. The normalized spacial score (nSPS) is 12.3. The van der Waals surface area contributed by atoms with Crippen molar-refractivity contribution in [2.45, 2.75) is 19.8 Å². The Morgan fingerprint density at radius 2 is 2.00 bits per heavy atom. The van der Waals surface area contributed by atoms with Crippen LogP contribution in [-0.4, -0.2) is 21.5 Å². The van der Waals surface area contributed by atoms with Crippen LogP contribution in [0.5, 0.6) is 0 Å². The molecule has 0 saturated carbocycles. The highest BCUT2D eigenvalue weighted by Gasteiger charge is 2.15. The van der Waals surface area contributed by atoms with Gasteiger partial charge in [-0.05, 0) is 31.2 Å². The van der Waals surface area contributed by atoms with Crippen LogP contribution in [0, 0.1) is 12.7 Å². The van der Waals surface area contributed by atoms with E-state index in [0.29, 0.717) is 17.5 Å². The number of benzene rings is 1. The first-order valence-corrected chi connectivity index (χ1v) is 8.76. The van der Waals surface area contributed by atoms with Gasteiger partial charge in [0.25, 0.3) is 0 Å². The van der Waals surface area contributed by atoms with E-state index >= 15 is 0 Å². The summed E-state index contributed by atoms with van der Waals surface area (Å²) in [4.78, 5) is 12.9. The molecule has 6 heteroatoms. The highest BCUT2D eigenvalue weighted by Crippen LogP contribution is 2.29. The number of anilines is 1. The van der Waals surface area contributed by atoms with Crippen molar-refractivity contribution in [1.82, 2.24) is 15.0 Å². The summed E-state index contributed by atoms with van der Waals surface area (Å²) in [6.07, 6.45) is 4.85. The smallest absolute Gasteiger partial charge is 0.140 e. The average Bonchev–Trinajstić information content (AvgIpc) is 3.18. The fraction of sp³-hybridized carbons (Fsp3) is 0.190. The summed E-state index contributed by atoms with van der Waals surface area (Å²) in [7, 11) is 0. The van der Waals surface area contributed by atoms with E-state index < -0.39 is 0 Å². The zero-order chi connectivity index (χ0) is 18.8. The molecular formula is C21H19FN4O. The van der Waals surface area contributed by atoms with Crippen LogP contribution in [-0.2, 0) is 0 Å². The first-order chi connectivity index (χ1) is 13.1. The third kappa shape index (κ3) is 3.51. The Morgan fingerprint density at radius 1 is 1.11 bits per heavy atom. The Hall–Kier alpha value is -3.28. The molecule has 0 aliphatic heterocycles. The first-order valence-electron chi connectivity index (χ1n) is 8.76. The molecule has 3 aromatic heterocycles. The maximum absolute atomic E-state index is 13.8. The minimum absolute atomic E-state index is 0.110. The Morgan fingerprint density at radius 3 is 2.81 bits per heavy atom. The summed E-state index contributed by atoms with van der Waals surface area (Å²) in [5.74, 6) is 0.568. The summed E-state index contributed by atoms with van der Waals surface area (Å²) >= 11 is 0. The van der Waals surface area contributed by atoms with Crippen molar-refractivity contribution in [2.24, 2.45) is 0 Å². The van der Waals surface area contributed by atoms with Crippen molar-refractivity contribution in [3.05, 3.63) is 72.3 Å². The topological polar surface area (TPSA) is 63.8 Å². The van der Waals surface area contributed by atoms with Crippen LogP contribution >= 0.6 is 0 Å². The molecule has 4 rings (SSSR count). The second-order valence-electron chi connectivity index (χ2n) is 6.56. The van der Waals surface area contributed by atoms with Crippen molar-refractivity contribution in [3.8, 4) is 11.3 Å². The zero-order valence-electron chi connectivity index (χ0n) is 15.1. The Labute approximate surface area is 156 Å². The summed E-state index contributed by atoms with van der Waals surface area (Å²) in [6, 6.07) is 10.7. The van der Waals surface area contributed by atoms with Crippen molar-refractivity contribution in [3.63, 3.8) is 0 Å². The lowest BCUT2D eigenvalue weighted by atomic mass is 9.99. The number of halogens is 1. The predicted octanol–water partition coefficient (Wildman–Crippen LogP) is 4.95. The van der Waals surface area contributed by atoms with Gasteiger partial charge in [0.2, 0.25) is 0 Å². The Kier molecular flexibility index (Phi) is 4.54. The monoisotopic (exact) mass is 362 g/mol. The molecule has 1 atom stereocenters. The van der Waals surface area contributed by atoms with Crippen LogP contribution in [0.15, 0.2) is 59.6 Å². The van der Waals surface area contributed by atoms with Gasteiger partial charge in [-0.2, -0.15) is 0 Å². The molecule has 1 aromatic carbocycles. The number of aryl methyl sites for hydroxylation is 1. The molecule has 1 N–H and O–H groups in total. The maximum atomic E-state index is 13.8. The Bertz CT molecular complexity index is 1080. The van der Waals surface area contributed by atoms with Gasteiger partial charge in [-0.25, -0.2) is 14.4 Å². The zero-order valence-corrected chi connectivity index (χ0v) is 15.1. The number of hydrogen-bond acceptors (Lipinski definition) is 5. The van der Waals surface area contributed by atoms with E-state index in [0.717, 1.165) is 28.3 Å². The van der Waals surface area contributed by atoms with E-state index in [-0.39, 0.29) is 11.7 Å². The minimum atomic E-state index is -0.269. The molecule has 0 aliphatic rings. The molecule has 4 aromatic rings. The number of nitrogens with one attached hydrogen (secondary N) is 1. The standard InChI is InChI=1S/C21H19FN4O/c1-13(16-5-6-18(22)17-7-8-27-21(16)17)10-24-20-9-19(25-12-26-20)15-4-3-14(2)23-11-15/h3-9,11-13H,10H2,1-2H3,(H,24,25,26). The number of fused-ring (bicyclic) bond motifs is 1. The van der Waals surface area contributed by atoms with Gasteiger partial charge in [0.1, 0.15) is 23.5 Å². The molecule has 0 radical (unpaired) electrons. The second-order valence-corrected chi connectivity index (χ2v) is 6.56. The number of aromatic nitrogens is 3. The van der Waals surface area contributed by atoms with Gasteiger partial charge in [0.15, 0.2) is 0 Å². The summed E-state index contributed by atoms with van der Waals surface area (Å²) < 4.78 is 19.3. The van der Waals surface area contributed by atoms with Crippen molar-refractivity contribution in [1.29, 1.82) is 0 Å². The van der Waals surface area contributed by atoms with Gasteiger partial charge in [-0.15, -0.1) is 0 Å². The minimum Gasteiger partial charge on any atom is -0.464 e. The number of furan rings is 1. The van der Waals surface area contributed by atoms with E-state index in [2.05, 4.69) is 27.2 Å².